The van der Waals surface area contributed by atoms with Gasteiger partial charge < -0.3 is 15.4 Å². The molecule has 2 N–H and O–H groups in total. The minimum absolute atomic E-state index is 0.331. The molecule has 1 unspecified atom stereocenters. The number of anilines is 2. The highest BCUT2D eigenvalue weighted by Crippen LogP contribution is 2.27. The highest BCUT2D eigenvalue weighted by atomic mass is 16.5. The van der Waals surface area contributed by atoms with Crippen molar-refractivity contribution in [2.45, 2.75) is 32.8 Å². The van der Waals surface area contributed by atoms with E-state index in [4.69, 9.17) is 10.5 Å². The summed E-state index contributed by atoms with van der Waals surface area (Å²) in [5, 5.41) is 0. The van der Waals surface area contributed by atoms with Gasteiger partial charge in [-0.25, -0.2) is 0 Å². The second kappa shape index (κ2) is 5.41. The number of nitrogens with zero attached hydrogens (tertiary/aromatic N) is 1. The molecule has 0 amide bonds. The maximum absolute atomic E-state index is 6.17. The minimum atomic E-state index is 0.331. The summed E-state index contributed by atoms with van der Waals surface area (Å²) in [7, 11) is 0. The van der Waals surface area contributed by atoms with E-state index in [1.54, 1.807) is 0 Å². The van der Waals surface area contributed by atoms with E-state index in [1.165, 1.54) is 0 Å². The van der Waals surface area contributed by atoms with E-state index in [0.29, 0.717) is 6.10 Å². The average molecular weight is 234 g/mol. The van der Waals surface area contributed by atoms with Crippen LogP contribution in [0.5, 0.6) is 0 Å². The minimum Gasteiger partial charge on any atom is -0.397 e. The maximum atomic E-state index is 6.17. The van der Waals surface area contributed by atoms with Gasteiger partial charge in [0.2, 0.25) is 0 Å². The Morgan fingerprint density at radius 2 is 2.29 bits per heavy atom. The molecule has 0 spiro atoms. The number of nitrogen functional groups attached to an aromatic ring is 1. The highest BCUT2D eigenvalue weighted by Gasteiger charge is 2.19. The van der Waals surface area contributed by atoms with Gasteiger partial charge in [-0.15, -0.1) is 0 Å². The fraction of sp³-hybridized carbons (Fsp3) is 0.571. The van der Waals surface area contributed by atoms with Crippen LogP contribution < -0.4 is 10.6 Å². The third-order valence-electron chi connectivity index (χ3n) is 3.45. The zero-order valence-corrected chi connectivity index (χ0v) is 10.8. The second-order valence-electron chi connectivity index (χ2n) is 4.71. The molecule has 2 rings (SSSR count). The molecule has 1 fully saturated rings. The summed E-state index contributed by atoms with van der Waals surface area (Å²) in [6.07, 6.45) is 2.46. The predicted molar refractivity (Wildman–Crippen MR) is 72.5 cm³/mol. The standard InChI is InChI=1S/C14H22N2O/c1-3-12-10-16(8-5-9-17-12)13-7-4-6-11(2)14(13)15/h4,6-7,12H,3,5,8-10,15H2,1-2H3. The summed E-state index contributed by atoms with van der Waals surface area (Å²) < 4.78 is 5.79. The molecule has 1 aromatic carbocycles. The van der Waals surface area contributed by atoms with Crippen LogP contribution in [0.2, 0.25) is 0 Å². The number of ether oxygens (including phenoxy) is 1. The lowest BCUT2D eigenvalue weighted by Crippen LogP contribution is -2.32. The molecule has 1 aliphatic heterocycles. The first-order valence-electron chi connectivity index (χ1n) is 6.44. The van der Waals surface area contributed by atoms with Crippen molar-refractivity contribution in [3.63, 3.8) is 0 Å². The fourth-order valence-corrected chi connectivity index (χ4v) is 2.30. The quantitative estimate of drug-likeness (QED) is 0.799. The van der Waals surface area contributed by atoms with Gasteiger partial charge in [0.1, 0.15) is 0 Å². The Labute approximate surface area is 104 Å². The van der Waals surface area contributed by atoms with Crippen molar-refractivity contribution in [2.75, 3.05) is 30.3 Å². The van der Waals surface area contributed by atoms with Gasteiger partial charge >= 0.3 is 0 Å². The Bertz CT molecular complexity index is 378. The zero-order chi connectivity index (χ0) is 12.3. The van der Waals surface area contributed by atoms with E-state index >= 15 is 0 Å². The first kappa shape index (κ1) is 12.2. The van der Waals surface area contributed by atoms with Crippen LogP contribution in [-0.4, -0.2) is 25.8 Å². The van der Waals surface area contributed by atoms with Crippen LogP contribution in [0.4, 0.5) is 11.4 Å². The number of hydrogen-bond acceptors (Lipinski definition) is 3. The number of aryl methyl sites for hydroxylation is 1. The number of nitrogens with two attached hydrogens (primary N) is 1. The van der Waals surface area contributed by atoms with E-state index in [0.717, 1.165) is 49.5 Å². The third kappa shape index (κ3) is 2.72. The molecule has 0 aromatic heterocycles. The van der Waals surface area contributed by atoms with Crippen LogP contribution in [0.25, 0.3) is 0 Å². The van der Waals surface area contributed by atoms with Crippen molar-refractivity contribution >= 4 is 11.4 Å². The molecule has 0 bridgehead atoms. The Balaban J connectivity index is 2.22. The molecule has 1 saturated heterocycles. The normalized spacial score (nSPS) is 21.3. The molecule has 0 saturated carbocycles. The molecular formula is C14H22N2O. The lowest BCUT2D eigenvalue weighted by molar-refractivity contribution is 0.0664. The van der Waals surface area contributed by atoms with Crippen molar-refractivity contribution in [1.29, 1.82) is 0 Å². The first-order chi connectivity index (χ1) is 8.22. The molecule has 0 aliphatic carbocycles. The van der Waals surface area contributed by atoms with E-state index in [-0.39, 0.29) is 0 Å². The first-order valence-corrected chi connectivity index (χ1v) is 6.44. The van der Waals surface area contributed by atoms with Gasteiger partial charge in [-0.3, -0.25) is 0 Å². The average Bonchev–Trinajstić information content (AvgIpc) is 2.58. The Morgan fingerprint density at radius 1 is 1.47 bits per heavy atom. The van der Waals surface area contributed by atoms with Crippen LogP contribution in [0, 0.1) is 6.92 Å². The van der Waals surface area contributed by atoms with Gasteiger partial charge in [-0.05, 0) is 31.4 Å². The highest BCUT2D eigenvalue weighted by molar-refractivity contribution is 5.71. The van der Waals surface area contributed by atoms with Gasteiger partial charge in [-0.2, -0.15) is 0 Å². The number of hydrogen-bond donors (Lipinski definition) is 1. The van der Waals surface area contributed by atoms with Crippen molar-refractivity contribution in [3.8, 4) is 0 Å². The molecular weight excluding hydrogens is 212 g/mol. The maximum Gasteiger partial charge on any atom is 0.0747 e. The summed E-state index contributed by atoms with van der Waals surface area (Å²) in [4.78, 5) is 2.36. The van der Waals surface area contributed by atoms with Crippen molar-refractivity contribution < 1.29 is 4.74 Å². The lowest BCUT2D eigenvalue weighted by atomic mass is 10.1. The molecule has 3 heteroatoms. The smallest absolute Gasteiger partial charge is 0.0747 e. The molecule has 1 atom stereocenters. The molecule has 94 valence electrons. The van der Waals surface area contributed by atoms with E-state index < -0.39 is 0 Å². The van der Waals surface area contributed by atoms with Crippen molar-refractivity contribution in [1.82, 2.24) is 0 Å². The molecule has 1 aliphatic rings. The summed E-state index contributed by atoms with van der Waals surface area (Å²) in [5.74, 6) is 0. The van der Waals surface area contributed by atoms with Crippen LogP contribution >= 0.6 is 0 Å². The summed E-state index contributed by atoms with van der Waals surface area (Å²) >= 11 is 0. The monoisotopic (exact) mass is 234 g/mol. The number of para-hydroxylation sites is 1. The van der Waals surface area contributed by atoms with Crippen LogP contribution in [0.3, 0.4) is 0 Å². The SMILES string of the molecule is CCC1CN(c2cccc(C)c2N)CCCO1. The van der Waals surface area contributed by atoms with Crippen molar-refractivity contribution in [2.24, 2.45) is 0 Å². The van der Waals surface area contributed by atoms with Gasteiger partial charge in [-0.1, -0.05) is 19.1 Å². The van der Waals surface area contributed by atoms with E-state index in [9.17, 15) is 0 Å². The molecule has 1 aromatic rings. The summed E-state index contributed by atoms with van der Waals surface area (Å²) in [6, 6.07) is 6.25. The summed E-state index contributed by atoms with van der Waals surface area (Å²) in [6.45, 7) is 7.08. The largest absolute Gasteiger partial charge is 0.397 e. The van der Waals surface area contributed by atoms with Crippen LogP contribution in [0.1, 0.15) is 25.3 Å². The molecule has 3 nitrogen and oxygen atoms in total. The van der Waals surface area contributed by atoms with E-state index in [1.807, 2.05) is 0 Å². The number of rotatable bonds is 2. The van der Waals surface area contributed by atoms with Gasteiger partial charge in [0.05, 0.1) is 17.5 Å². The third-order valence-corrected chi connectivity index (χ3v) is 3.45. The Kier molecular flexibility index (Phi) is 3.89. The second-order valence-corrected chi connectivity index (χ2v) is 4.71. The lowest BCUT2D eigenvalue weighted by Gasteiger charge is -2.27. The topological polar surface area (TPSA) is 38.5 Å². The van der Waals surface area contributed by atoms with Crippen LogP contribution in [0.15, 0.2) is 18.2 Å². The molecule has 1 heterocycles. The van der Waals surface area contributed by atoms with Crippen molar-refractivity contribution in [3.05, 3.63) is 23.8 Å². The Hall–Kier alpha value is -1.22. The van der Waals surface area contributed by atoms with Gasteiger partial charge in [0, 0.05) is 19.7 Å². The van der Waals surface area contributed by atoms with Crippen LogP contribution in [-0.2, 0) is 4.74 Å². The van der Waals surface area contributed by atoms with Gasteiger partial charge in [0.25, 0.3) is 0 Å². The molecule has 0 radical (unpaired) electrons. The predicted octanol–water partition coefficient (Wildman–Crippen LogP) is 2.58. The van der Waals surface area contributed by atoms with Gasteiger partial charge in [0.15, 0.2) is 0 Å². The fourth-order valence-electron chi connectivity index (χ4n) is 2.30. The Morgan fingerprint density at radius 3 is 3.06 bits per heavy atom. The summed E-state index contributed by atoms with van der Waals surface area (Å²) in [5.41, 5.74) is 9.39. The van der Waals surface area contributed by atoms with E-state index in [2.05, 4.69) is 36.9 Å². The molecule has 17 heavy (non-hydrogen) atoms. The number of benzene rings is 1. The zero-order valence-electron chi connectivity index (χ0n) is 10.8.